The van der Waals surface area contributed by atoms with E-state index in [1.54, 1.807) is 6.07 Å². The molecule has 0 unspecified atom stereocenters. The van der Waals surface area contributed by atoms with Gasteiger partial charge in [0.2, 0.25) is 0 Å². The molecule has 0 aliphatic carbocycles. The molecule has 0 amide bonds. The minimum atomic E-state index is 0.219. The van der Waals surface area contributed by atoms with Crippen LogP contribution in [0.2, 0.25) is 0 Å². The molecule has 2 aliphatic heterocycles. The maximum absolute atomic E-state index is 10.4. The standard InChI is InChI=1S/C29H28BrN5O/c30-25-17-31-19-35-28(16-26(33-29(25)35)24-10-3-4-11-27(24)36)32-22-12-14-34(15-13-22)18-21-8-5-7-20-6-1-2-9-23(20)21/h1-11,16-17,22,31,36H,12-15,18-19H2. The molecule has 0 bridgehead atoms. The first-order chi connectivity index (χ1) is 17.7. The van der Waals surface area contributed by atoms with E-state index in [0.717, 1.165) is 54.0 Å². The van der Waals surface area contributed by atoms with Gasteiger partial charge in [-0.05, 0) is 57.2 Å². The Morgan fingerprint density at radius 3 is 2.64 bits per heavy atom. The van der Waals surface area contributed by atoms with Crippen LogP contribution < -0.4 is 10.8 Å². The van der Waals surface area contributed by atoms with Crippen LogP contribution in [-0.2, 0) is 13.2 Å². The molecule has 2 N–H and O–H groups in total. The maximum Gasteiger partial charge on any atom is 0.152 e. The number of hydrogen-bond donors (Lipinski definition) is 2. The van der Waals surface area contributed by atoms with Crippen molar-refractivity contribution in [1.29, 1.82) is 0 Å². The van der Waals surface area contributed by atoms with E-state index in [0.29, 0.717) is 12.2 Å². The second kappa shape index (κ2) is 9.91. The normalized spacial score (nSPS) is 17.0. The van der Waals surface area contributed by atoms with Crippen molar-refractivity contribution in [1.82, 2.24) is 19.8 Å². The summed E-state index contributed by atoms with van der Waals surface area (Å²) in [5, 5.41) is 16.4. The summed E-state index contributed by atoms with van der Waals surface area (Å²) in [5.41, 5.74) is 3.69. The number of aromatic nitrogens is 2. The molecule has 36 heavy (non-hydrogen) atoms. The van der Waals surface area contributed by atoms with Crippen LogP contribution in [0.5, 0.6) is 5.75 Å². The van der Waals surface area contributed by atoms with E-state index >= 15 is 0 Å². The molecular formula is C29H28BrN5O. The highest BCUT2D eigenvalue weighted by atomic mass is 79.9. The van der Waals surface area contributed by atoms with Crippen molar-refractivity contribution < 1.29 is 5.11 Å². The third-order valence-corrected chi connectivity index (χ3v) is 7.63. The monoisotopic (exact) mass is 541 g/mol. The molecule has 3 heterocycles. The molecule has 4 aromatic rings. The van der Waals surface area contributed by atoms with Crippen LogP contribution in [0.25, 0.3) is 26.5 Å². The van der Waals surface area contributed by atoms with Crippen molar-refractivity contribution in [2.75, 3.05) is 13.1 Å². The summed E-state index contributed by atoms with van der Waals surface area (Å²) >= 11 is 3.63. The zero-order chi connectivity index (χ0) is 24.5. The Kier molecular flexibility index (Phi) is 6.34. The molecule has 2 aliphatic rings. The summed E-state index contributed by atoms with van der Waals surface area (Å²) < 4.78 is 2.96. The van der Waals surface area contributed by atoms with Crippen molar-refractivity contribution in [2.24, 2.45) is 4.99 Å². The minimum Gasteiger partial charge on any atom is -0.507 e. The third kappa shape index (κ3) is 4.56. The molecule has 1 aromatic heterocycles. The Morgan fingerprint density at radius 1 is 1.00 bits per heavy atom. The van der Waals surface area contributed by atoms with E-state index < -0.39 is 0 Å². The average Bonchev–Trinajstić information content (AvgIpc) is 2.91. The number of likely N-dealkylation sites (tertiary alicyclic amines) is 1. The number of nitrogens with zero attached hydrogens (tertiary/aromatic N) is 4. The van der Waals surface area contributed by atoms with Gasteiger partial charge in [0.1, 0.15) is 11.2 Å². The number of phenols is 1. The molecule has 0 atom stereocenters. The molecule has 182 valence electrons. The van der Waals surface area contributed by atoms with Crippen molar-refractivity contribution in [3.63, 3.8) is 0 Å². The first-order valence-electron chi connectivity index (χ1n) is 12.4. The summed E-state index contributed by atoms with van der Waals surface area (Å²) in [6.07, 6.45) is 3.93. The van der Waals surface area contributed by atoms with Gasteiger partial charge in [-0.15, -0.1) is 0 Å². The van der Waals surface area contributed by atoms with Gasteiger partial charge in [0.15, 0.2) is 5.82 Å². The largest absolute Gasteiger partial charge is 0.507 e. The Bertz CT molecular complexity index is 1510. The first kappa shape index (κ1) is 23.0. The number of nitrogens with one attached hydrogen (secondary N) is 1. The van der Waals surface area contributed by atoms with E-state index in [1.165, 1.54) is 16.3 Å². The number of para-hydroxylation sites is 1. The predicted molar refractivity (Wildman–Crippen MR) is 147 cm³/mol. The van der Waals surface area contributed by atoms with Gasteiger partial charge in [0.25, 0.3) is 0 Å². The lowest BCUT2D eigenvalue weighted by atomic mass is 10.0. The van der Waals surface area contributed by atoms with Crippen molar-refractivity contribution >= 4 is 31.2 Å². The fraction of sp³-hybridized carbons (Fsp3) is 0.241. The van der Waals surface area contributed by atoms with Crippen LogP contribution in [-0.4, -0.2) is 38.7 Å². The molecule has 0 saturated carbocycles. The van der Waals surface area contributed by atoms with Crippen molar-refractivity contribution in [3.8, 4) is 17.0 Å². The molecule has 6 nitrogen and oxygen atoms in total. The number of benzene rings is 3. The SMILES string of the molecule is Oc1ccccc1-c1cc(=NC2CCN(Cc3cccc4ccccc34)CC2)n2c(n1)C(Br)=CNC2. The number of piperidine rings is 1. The topological polar surface area (TPSA) is 65.7 Å². The highest BCUT2D eigenvalue weighted by molar-refractivity contribution is 9.15. The van der Waals surface area contributed by atoms with Gasteiger partial charge < -0.3 is 10.4 Å². The molecular weight excluding hydrogens is 514 g/mol. The average molecular weight is 542 g/mol. The van der Waals surface area contributed by atoms with Gasteiger partial charge in [-0.3, -0.25) is 14.5 Å². The van der Waals surface area contributed by atoms with Gasteiger partial charge in [-0.2, -0.15) is 0 Å². The van der Waals surface area contributed by atoms with E-state index in [2.05, 4.69) is 73.2 Å². The Balaban J connectivity index is 1.26. The van der Waals surface area contributed by atoms with Gasteiger partial charge in [-0.25, -0.2) is 4.98 Å². The molecule has 1 fully saturated rings. The maximum atomic E-state index is 10.4. The molecule has 6 rings (SSSR count). The lowest BCUT2D eigenvalue weighted by Crippen LogP contribution is -2.38. The smallest absolute Gasteiger partial charge is 0.152 e. The van der Waals surface area contributed by atoms with Crippen LogP contribution in [0.3, 0.4) is 0 Å². The van der Waals surface area contributed by atoms with E-state index in [9.17, 15) is 5.11 Å². The first-order valence-corrected chi connectivity index (χ1v) is 13.2. The second-order valence-electron chi connectivity index (χ2n) is 9.40. The molecule has 1 saturated heterocycles. The molecule has 0 spiro atoms. The van der Waals surface area contributed by atoms with Crippen LogP contribution in [0.1, 0.15) is 24.2 Å². The Labute approximate surface area is 218 Å². The lowest BCUT2D eigenvalue weighted by Gasteiger charge is -2.30. The fourth-order valence-electron chi connectivity index (χ4n) is 5.14. The summed E-state index contributed by atoms with van der Waals surface area (Å²) in [6, 6.07) is 24.8. The van der Waals surface area contributed by atoms with Gasteiger partial charge in [0, 0.05) is 37.5 Å². The van der Waals surface area contributed by atoms with Gasteiger partial charge in [-0.1, -0.05) is 54.6 Å². The molecule has 7 heteroatoms. The predicted octanol–water partition coefficient (Wildman–Crippen LogP) is 5.23. The summed E-state index contributed by atoms with van der Waals surface area (Å²) in [7, 11) is 0. The highest BCUT2D eigenvalue weighted by Crippen LogP contribution is 2.29. The summed E-state index contributed by atoms with van der Waals surface area (Å²) in [5.74, 6) is 1.03. The Morgan fingerprint density at radius 2 is 1.78 bits per heavy atom. The Hall–Kier alpha value is -3.42. The minimum absolute atomic E-state index is 0.219. The van der Waals surface area contributed by atoms with E-state index in [4.69, 9.17) is 9.98 Å². The van der Waals surface area contributed by atoms with Gasteiger partial charge in [0.05, 0.1) is 22.9 Å². The summed E-state index contributed by atoms with van der Waals surface area (Å²) in [6.45, 7) is 3.61. The third-order valence-electron chi connectivity index (χ3n) is 7.04. The van der Waals surface area contributed by atoms with Gasteiger partial charge >= 0.3 is 0 Å². The lowest BCUT2D eigenvalue weighted by molar-refractivity contribution is 0.205. The van der Waals surface area contributed by atoms with Crippen LogP contribution >= 0.6 is 15.9 Å². The molecule has 3 aromatic carbocycles. The number of phenolic OH excluding ortho intramolecular Hbond substituents is 1. The number of fused-ring (bicyclic) bond motifs is 2. The van der Waals surface area contributed by atoms with Crippen molar-refractivity contribution in [3.05, 3.63) is 95.9 Å². The van der Waals surface area contributed by atoms with Crippen LogP contribution in [0.15, 0.2) is 84.0 Å². The summed E-state index contributed by atoms with van der Waals surface area (Å²) in [4.78, 5) is 12.6. The zero-order valence-electron chi connectivity index (χ0n) is 19.9. The molecule has 0 radical (unpaired) electrons. The second-order valence-corrected chi connectivity index (χ2v) is 10.3. The number of halogens is 1. The quantitative estimate of drug-likeness (QED) is 0.371. The number of aromatic hydroxyl groups is 1. The van der Waals surface area contributed by atoms with Crippen molar-refractivity contribution in [2.45, 2.75) is 32.1 Å². The van der Waals surface area contributed by atoms with E-state index in [-0.39, 0.29) is 11.8 Å². The van der Waals surface area contributed by atoms with Crippen LogP contribution in [0.4, 0.5) is 0 Å². The number of hydrogen-bond acceptors (Lipinski definition) is 5. The highest BCUT2D eigenvalue weighted by Gasteiger charge is 2.21. The fourth-order valence-corrected chi connectivity index (χ4v) is 5.61. The number of rotatable bonds is 4. The van der Waals surface area contributed by atoms with E-state index in [1.807, 2.05) is 30.5 Å². The zero-order valence-corrected chi connectivity index (χ0v) is 21.5. The van der Waals surface area contributed by atoms with Crippen LogP contribution in [0, 0.1) is 0 Å².